The molecule has 12 heteroatoms. The van der Waals surface area contributed by atoms with E-state index in [-0.39, 0.29) is 29.9 Å². The minimum Gasteiger partial charge on any atom is -0.465 e. The summed E-state index contributed by atoms with van der Waals surface area (Å²) in [5, 5.41) is 9.77. The molecule has 5 aromatic rings. The number of nitrogens with zero attached hydrogens (tertiary/aromatic N) is 6. The van der Waals surface area contributed by atoms with Gasteiger partial charge in [-0.1, -0.05) is 78.9 Å². The van der Waals surface area contributed by atoms with Gasteiger partial charge >= 0.3 is 6.09 Å². The number of hydrogen-bond acceptors (Lipinski definition) is 6. The van der Waals surface area contributed by atoms with Crippen LogP contribution in [0.5, 0.6) is 0 Å². The second-order valence-electron chi connectivity index (χ2n) is 14.2. The molecular formula is C41H46N8O4. The lowest BCUT2D eigenvalue weighted by atomic mass is 10.0. The molecular weight excluding hydrogens is 669 g/mol. The highest BCUT2D eigenvalue weighted by molar-refractivity contribution is 5.87. The number of aromatic amines is 2. The summed E-state index contributed by atoms with van der Waals surface area (Å²) in [6.45, 7) is 3.22. The maximum Gasteiger partial charge on any atom is 0.407 e. The Morgan fingerprint density at radius 1 is 0.698 bits per heavy atom. The predicted molar refractivity (Wildman–Crippen MR) is 203 cm³/mol. The van der Waals surface area contributed by atoms with Crippen LogP contribution in [0.4, 0.5) is 4.79 Å². The van der Waals surface area contributed by atoms with E-state index in [1.54, 1.807) is 23.2 Å². The molecule has 0 bridgehead atoms. The molecule has 0 radical (unpaired) electrons. The Hall–Kier alpha value is -5.75. The van der Waals surface area contributed by atoms with Crippen LogP contribution in [0, 0.1) is 0 Å². The van der Waals surface area contributed by atoms with Crippen molar-refractivity contribution in [1.82, 2.24) is 39.5 Å². The van der Waals surface area contributed by atoms with Gasteiger partial charge in [0.2, 0.25) is 5.91 Å². The fraction of sp³-hybridized carbons (Fsp3) is 0.341. The Bertz CT molecular complexity index is 2060. The average Bonchev–Trinajstić information content (AvgIpc) is 4.01. The van der Waals surface area contributed by atoms with Gasteiger partial charge in [0.1, 0.15) is 17.7 Å². The van der Waals surface area contributed by atoms with Gasteiger partial charge in [-0.05, 0) is 74.5 Å². The fourth-order valence-electron chi connectivity index (χ4n) is 7.51. The first-order chi connectivity index (χ1) is 25.6. The van der Waals surface area contributed by atoms with Gasteiger partial charge in [-0.15, -0.1) is 0 Å². The number of imidazole rings is 2. The van der Waals surface area contributed by atoms with Crippen LogP contribution in [0.2, 0.25) is 0 Å². The largest absolute Gasteiger partial charge is 0.465 e. The van der Waals surface area contributed by atoms with E-state index in [4.69, 9.17) is 0 Å². The summed E-state index contributed by atoms with van der Waals surface area (Å²) in [6.07, 6.45) is 5.88. The minimum atomic E-state index is -1.16. The SMILES string of the molecule is C[C@@H](C(=O)N1CCC[C@H]1c1ncc(-c2ccc(-c3ccc(-c4cnc([C@@H]5CCCN5C(=O)[C@@H](c5ccccc5)N(C)C(=O)O)[nH]4)cc3)cc2)[nH]1)N(C)C. The maximum absolute atomic E-state index is 13.9. The normalized spacial score (nSPS) is 18.4. The first-order valence-electron chi connectivity index (χ1n) is 18.2. The van der Waals surface area contributed by atoms with Gasteiger partial charge in [-0.2, -0.15) is 0 Å². The lowest BCUT2D eigenvalue weighted by Gasteiger charge is -2.32. The van der Waals surface area contributed by atoms with Crippen LogP contribution in [0.1, 0.15) is 67.9 Å². The van der Waals surface area contributed by atoms with E-state index in [0.717, 1.165) is 76.6 Å². The Labute approximate surface area is 309 Å². The van der Waals surface area contributed by atoms with Crippen LogP contribution in [-0.2, 0) is 9.59 Å². The molecule has 274 valence electrons. The van der Waals surface area contributed by atoms with Gasteiger partial charge in [0.05, 0.1) is 41.9 Å². The molecule has 4 heterocycles. The van der Waals surface area contributed by atoms with Gasteiger partial charge in [0.25, 0.3) is 5.91 Å². The number of benzene rings is 3. The van der Waals surface area contributed by atoms with Crippen LogP contribution in [0.3, 0.4) is 0 Å². The molecule has 2 saturated heterocycles. The molecule has 2 fully saturated rings. The Morgan fingerprint density at radius 2 is 1.15 bits per heavy atom. The number of likely N-dealkylation sites (N-methyl/N-ethyl adjacent to an activating group) is 2. The summed E-state index contributed by atoms with van der Waals surface area (Å²) >= 11 is 0. The van der Waals surface area contributed by atoms with E-state index in [2.05, 4.69) is 68.5 Å². The molecule has 12 nitrogen and oxygen atoms in total. The van der Waals surface area contributed by atoms with Crippen LogP contribution < -0.4 is 0 Å². The molecule has 0 unspecified atom stereocenters. The third-order valence-corrected chi connectivity index (χ3v) is 10.8. The number of rotatable bonds is 10. The average molecular weight is 715 g/mol. The molecule has 3 N–H and O–H groups in total. The van der Waals surface area contributed by atoms with Crippen molar-refractivity contribution in [2.75, 3.05) is 34.2 Å². The van der Waals surface area contributed by atoms with Gasteiger partial charge in [-0.25, -0.2) is 14.8 Å². The number of amides is 3. The highest BCUT2D eigenvalue weighted by Gasteiger charge is 2.39. The third-order valence-electron chi connectivity index (χ3n) is 10.8. The smallest absolute Gasteiger partial charge is 0.407 e. The van der Waals surface area contributed by atoms with Crippen molar-refractivity contribution in [3.63, 3.8) is 0 Å². The molecule has 0 spiro atoms. The second-order valence-corrected chi connectivity index (χ2v) is 14.2. The molecule has 2 aliphatic heterocycles. The molecule has 53 heavy (non-hydrogen) atoms. The van der Waals surface area contributed by atoms with Crippen molar-refractivity contribution in [3.8, 4) is 33.6 Å². The van der Waals surface area contributed by atoms with E-state index in [9.17, 15) is 19.5 Å². The second kappa shape index (κ2) is 15.1. The summed E-state index contributed by atoms with van der Waals surface area (Å²) in [4.78, 5) is 62.0. The predicted octanol–water partition coefficient (Wildman–Crippen LogP) is 6.76. The standard InChI is InChI=1S/C41H46N8O4/c1-26(46(2)3)39(50)48-22-8-12-34(48)37-42-24-32(44-37)29-18-14-27(15-19-29)28-16-20-30(21-17-28)33-25-43-38(45-33)35-13-9-23-49(35)40(51)36(47(4)41(52)53)31-10-6-5-7-11-31/h5-7,10-11,14-21,24-26,34-36H,8-9,12-13,22-23H2,1-4H3,(H,42,44)(H,43,45)(H,52,53)/t26-,34-,35-,36+/m0/s1. The van der Waals surface area contributed by atoms with Gasteiger partial charge in [0.15, 0.2) is 0 Å². The van der Waals surface area contributed by atoms with Crippen LogP contribution in [-0.4, -0.2) is 103 Å². The molecule has 0 aliphatic carbocycles. The number of nitrogens with one attached hydrogen (secondary N) is 2. The lowest BCUT2D eigenvalue weighted by molar-refractivity contribution is -0.137. The Morgan fingerprint density at radius 3 is 1.60 bits per heavy atom. The zero-order chi connectivity index (χ0) is 37.2. The summed E-state index contributed by atoms with van der Waals surface area (Å²) in [5.74, 6) is 1.39. The summed E-state index contributed by atoms with van der Waals surface area (Å²) in [6, 6.07) is 24.2. The van der Waals surface area contributed by atoms with Crippen molar-refractivity contribution in [1.29, 1.82) is 0 Å². The van der Waals surface area contributed by atoms with Crippen LogP contribution in [0.25, 0.3) is 33.6 Å². The monoisotopic (exact) mass is 714 g/mol. The zero-order valence-corrected chi connectivity index (χ0v) is 30.6. The number of hydrogen-bond donors (Lipinski definition) is 3. The minimum absolute atomic E-state index is 0.0418. The fourth-order valence-corrected chi connectivity index (χ4v) is 7.51. The van der Waals surface area contributed by atoms with Crippen molar-refractivity contribution >= 4 is 17.9 Å². The molecule has 2 aromatic heterocycles. The highest BCUT2D eigenvalue weighted by atomic mass is 16.4. The quantitative estimate of drug-likeness (QED) is 0.145. The molecule has 0 saturated carbocycles. The van der Waals surface area contributed by atoms with Crippen molar-refractivity contribution in [2.24, 2.45) is 0 Å². The van der Waals surface area contributed by atoms with Crippen LogP contribution >= 0.6 is 0 Å². The number of H-pyrrole nitrogens is 2. The topological polar surface area (TPSA) is 142 Å². The summed E-state index contributed by atoms with van der Waals surface area (Å²) in [5.41, 5.74) is 6.54. The first kappa shape index (κ1) is 35.6. The third kappa shape index (κ3) is 7.19. The number of likely N-dealkylation sites (tertiary alicyclic amines) is 2. The number of carboxylic acid groups (broad SMARTS) is 1. The Kier molecular flexibility index (Phi) is 10.1. The Balaban J connectivity index is 1.02. The van der Waals surface area contributed by atoms with E-state index in [0.29, 0.717) is 17.9 Å². The molecule has 3 aromatic carbocycles. The van der Waals surface area contributed by atoms with Gasteiger partial charge in [-0.3, -0.25) is 19.4 Å². The molecule has 4 atom stereocenters. The molecule has 2 aliphatic rings. The van der Waals surface area contributed by atoms with E-state index in [1.165, 1.54) is 7.05 Å². The number of carbonyl (C=O) groups excluding carboxylic acids is 2. The summed E-state index contributed by atoms with van der Waals surface area (Å²) in [7, 11) is 5.29. The van der Waals surface area contributed by atoms with Crippen molar-refractivity contribution in [3.05, 3.63) is 108 Å². The van der Waals surface area contributed by atoms with Crippen molar-refractivity contribution < 1.29 is 19.5 Å². The summed E-state index contributed by atoms with van der Waals surface area (Å²) < 4.78 is 0. The maximum atomic E-state index is 13.9. The highest BCUT2D eigenvalue weighted by Crippen LogP contribution is 2.36. The van der Waals surface area contributed by atoms with E-state index in [1.807, 2.05) is 55.2 Å². The van der Waals surface area contributed by atoms with E-state index < -0.39 is 12.1 Å². The van der Waals surface area contributed by atoms with Crippen LogP contribution in [0.15, 0.2) is 91.3 Å². The number of aromatic nitrogens is 4. The molecule has 3 amide bonds. The lowest BCUT2D eigenvalue weighted by Crippen LogP contribution is -2.44. The molecule has 7 rings (SSSR count). The first-order valence-corrected chi connectivity index (χ1v) is 18.2. The number of carbonyl (C=O) groups is 3. The van der Waals surface area contributed by atoms with Gasteiger partial charge in [0, 0.05) is 20.1 Å². The van der Waals surface area contributed by atoms with E-state index >= 15 is 0 Å². The van der Waals surface area contributed by atoms with Gasteiger partial charge < -0.3 is 24.9 Å². The van der Waals surface area contributed by atoms with Crippen molar-refractivity contribution in [2.45, 2.75) is 56.8 Å². The zero-order valence-electron chi connectivity index (χ0n) is 30.6.